The highest BCUT2D eigenvalue weighted by atomic mass is 16.4. The average Bonchev–Trinajstić information content (AvgIpc) is 3.22. The van der Waals surface area contributed by atoms with Crippen LogP contribution in [0.25, 0.3) is 0 Å². The van der Waals surface area contributed by atoms with E-state index in [0.717, 1.165) is 12.8 Å². The first-order valence-corrected chi connectivity index (χ1v) is 7.36. The van der Waals surface area contributed by atoms with Gasteiger partial charge in [0.1, 0.15) is 0 Å². The van der Waals surface area contributed by atoms with Crippen LogP contribution in [0.1, 0.15) is 19.3 Å². The molecule has 0 aromatic rings. The van der Waals surface area contributed by atoms with Gasteiger partial charge in [-0.2, -0.15) is 0 Å². The minimum Gasteiger partial charge on any atom is -0.481 e. The zero-order chi connectivity index (χ0) is 15.0. The number of nitrogens with zero attached hydrogens (tertiary/aromatic N) is 2. The van der Waals surface area contributed by atoms with E-state index in [-0.39, 0.29) is 30.6 Å². The molecule has 3 N–H and O–H groups in total. The van der Waals surface area contributed by atoms with Gasteiger partial charge in [0.15, 0.2) is 0 Å². The van der Waals surface area contributed by atoms with E-state index in [2.05, 4.69) is 10.6 Å². The van der Waals surface area contributed by atoms with E-state index < -0.39 is 5.97 Å². The van der Waals surface area contributed by atoms with Crippen molar-refractivity contribution < 1.29 is 19.5 Å². The van der Waals surface area contributed by atoms with Crippen molar-refractivity contribution in [3.05, 3.63) is 0 Å². The number of aliphatic carboxylic acids is 1. The molecule has 2 heterocycles. The van der Waals surface area contributed by atoms with Gasteiger partial charge < -0.3 is 25.5 Å². The van der Waals surface area contributed by atoms with Crippen LogP contribution in [0.15, 0.2) is 0 Å². The maximum atomic E-state index is 12.3. The fraction of sp³-hybridized carbons (Fsp3) is 0.769. The number of amides is 4. The number of carbonyl (C=O) groups excluding carboxylic acids is 2. The molecule has 2 aliphatic heterocycles. The summed E-state index contributed by atoms with van der Waals surface area (Å²) in [7, 11) is 0. The van der Waals surface area contributed by atoms with Crippen LogP contribution in [0.3, 0.4) is 0 Å². The van der Waals surface area contributed by atoms with Crippen molar-refractivity contribution in [2.45, 2.75) is 31.3 Å². The van der Waals surface area contributed by atoms with Crippen LogP contribution in [-0.4, -0.2) is 71.2 Å². The molecule has 2 atom stereocenters. The maximum Gasteiger partial charge on any atom is 0.317 e. The summed E-state index contributed by atoms with van der Waals surface area (Å²) in [6.07, 6.45) is 1.93. The highest BCUT2D eigenvalue weighted by Crippen LogP contribution is 2.34. The molecule has 21 heavy (non-hydrogen) atoms. The van der Waals surface area contributed by atoms with E-state index in [0.29, 0.717) is 32.1 Å². The van der Waals surface area contributed by atoms with Crippen molar-refractivity contribution in [3.8, 4) is 0 Å². The Kier molecular flexibility index (Phi) is 3.60. The van der Waals surface area contributed by atoms with Gasteiger partial charge in [0.25, 0.3) is 0 Å². The predicted molar refractivity (Wildman–Crippen MR) is 72.8 cm³/mol. The van der Waals surface area contributed by atoms with Gasteiger partial charge >= 0.3 is 18.0 Å². The van der Waals surface area contributed by atoms with Crippen LogP contribution in [0.4, 0.5) is 9.59 Å². The van der Waals surface area contributed by atoms with Gasteiger partial charge in [-0.3, -0.25) is 4.79 Å². The van der Waals surface area contributed by atoms with E-state index in [1.54, 1.807) is 9.80 Å². The number of nitrogens with one attached hydrogen (secondary N) is 2. The fourth-order valence-electron chi connectivity index (χ4n) is 3.06. The van der Waals surface area contributed by atoms with Crippen molar-refractivity contribution in [3.63, 3.8) is 0 Å². The highest BCUT2D eigenvalue weighted by molar-refractivity contribution is 5.79. The molecule has 4 amide bonds. The van der Waals surface area contributed by atoms with E-state index in [4.69, 9.17) is 5.11 Å². The van der Waals surface area contributed by atoms with Crippen LogP contribution in [0, 0.1) is 5.92 Å². The molecule has 8 nitrogen and oxygen atoms in total. The summed E-state index contributed by atoms with van der Waals surface area (Å²) < 4.78 is 0. The van der Waals surface area contributed by atoms with Gasteiger partial charge in [0.2, 0.25) is 0 Å². The van der Waals surface area contributed by atoms with Crippen molar-refractivity contribution in [2.24, 2.45) is 5.92 Å². The predicted octanol–water partition coefficient (Wildman–Crippen LogP) is -0.341. The zero-order valence-corrected chi connectivity index (χ0v) is 11.7. The Balaban J connectivity index is 1.55. The summed E-state index contributed by atoms with van der Waals surface area (Å²) in [6.45, 7) is 2.07. The van der Waals surface area contributed by atoms with Crippen LogP contribution >= 0.6 is 0 Å². The van der Waals surface area contributed by atoms with E-state index in [1.165, 1.54) is 0 Å². The number of hydrogen-bond acceptors (Lipinski definition) is 3. The topological polar surface area (TPSA) is 102 Å². The number of hydrogen-bond donors (Lipinski definition) is 3. The Labute approximate surface area is 122 Å². The lowest BCUT2D eigenvalue weighted by Crippen LogP contribution is -2.57. The van der Waals surface area contributed by atoms with Crippen molar-refractivity contribution in [1.82, 2.24) is 20.4 Å². The monoisotopic (exact) mass is 296 g/mol. The van der Waals surface area contributed by atoms with Crippen molar-refractivity contribution in [2.75, 3.05) is 26.2 Å². The lowest BCUT2D eigenvalue weighted by molar-refractivity contribution is -0.137. The van der Waals surface area contributed by atoms with E-state index >= 15 is 0 Å². The minimum atomic E-state index is -0.886. The molecule has 1 saturated carbocycles. The molecule has 2 unspecified atom stereocenters. The molecular weight excluding hydrogens is 276 g/mol. The van der Waals surface area contributed by atoms with Crippen LogP contribution in [0.5, 0.6) is 0 Å². The van der Waals surface area contributed by atoms with Crippen LogP contribution < -0.4 is 10.6 Å². The second kappa shape index (κ2) is 5.42. The third kappa shape index (κ3) is 3.03. The Morgan fingerprint density at radius 3 is 2.81 bits per heavy atom. The van der Waals surface area contributed by atoms with Crippen LogP contribution in [-0.2, 0) is 4.79 Å². The molecule has 0 radical (unpaired) electrons. The number of fused-ring (bicyclic) bond motifs is 1. The Morgan fingerprint density at radius 1 is 1.38 bits per heavy atom. The lowest BCUT2D eigenvalue weighted by atomic mass is 10.1. The molecule has 2 saturated heterocycles. The second-order valence-corrected chi connectivity index (χ2v) is 5.97. The summed E-state index contributed by atoms with van der Waals surface area (Å²) in [5.74, 6) is -0.594. The van der Waals surface area contributed by atoms with Gasteiger partial charge in [-0.05, 0) is 18.8 Å². The van der Waals surface area contributed by atoms with Gasteiger partial charge in [-0.25, -0.2) is 9.59 Å². The molecule has 0 bridgehead atoms. The smallest absolute Gasteiger partial charge is 0.317 e. The summed E-state index contributed by atoms with van der Waals surface area (Å²) in [6, 6.07) is -0.541. The summed E-state index contributed by atoms with van der Waals surface area (Å²) in [5.41, 5.74) is 0. The molecule has 3 rings (SSSR count). The SMILES string of the molecule is O=C(O)CC(NC(=O)N1CCN2C(=O)NCC2C1)C1CC1. The fourth-order valence-corrected chi connectivity index (χ4v) is 3.06. The second-order valence-electron chi connectivity index (χ2n) is 5.97. The average molecular weight is 296 g/mol. The van der Waals surface area contributed by atoms with Gasteiger partial charge in [0.05, 0.1) is 12.5 Å². The van der Waals surface area contributed by atoms with Gasteiger partial charge in [0, 0.05) is 32.2 Å². The molecule has 116 valence electrons. The number of carbonyl (C=O) groups is 3. The number of piperazine rings is 1. The maximum absolute atomic E-state index is 12.3. The van der Waals surface area contributed by atoms with Gasteiger partial charge in [-0.1, -0.05) is 0 Å². The minimum absolute atomic E-state index is 0.0239. The molecule has 1 aliphatic carbocycles. The largest absolute Gasteiger partial charge is 0.481 e. The molecule has 0 spiro atoms. The zero-order valence-electron chi connectivity index (χ0n) is 11.7. The molecular formula is C13H20N4O4. The lowest BCUT2D eigenvalue weighted by Gasteiger charge is -2.37. The normalized spacial score (nSPS) is 26.1. The molecule has 3 aliphatic rings. The van der Waals surface area contributed by atoms with E-state index in [1.807, 2.05) is 0 Å². The Morgan fingerprint density at radius 2 is 2.14 bits per heavy atom. The third-order valence-electron chi connectivity index (χ3n) is 4.41. The first kappa shape index (κ1) is 14.0. The van der Waals surface area contributed by atoms with Gasteiger partial charge in [-0.15, -0.1) is 0 Å². The Bertz CT molecular complexity index is 465. The summed E-state index contributed by atoms with van der Waals surface area (Å²) in [4.78, 5) is 38.1. The van der Waals surface area contributed by atoms with Crippen molar-refractivity contribution >= 4 is 18.0 Å². The van der Waals surface area contributed by atoms with Crippen LogP contribution in [0.2, 0.25) is 0 Å². The molecule has 0 aromatic carbocycles. The number of carboxylic acids is 1. The van der Waals surface area contributed by atoms with Crippen molar-refractivity contribution in [1.29, 1.82) is 0 Å². The molecule has 8 heteroatoms. The standard InChI is InChI=1S/C13H20N4O4/c18-11(19)5-10(8-1-2-8)15-13(21)16-3-4-17-9(7-16)6-14-12(17)20/h8-10H,1-7H2,(H,14,20)(H,15,21)(H,18,19). The quantitative estimate of drug-likeness (QED) is 0.660. The first-order chi connectivity index (χ1) is 10.0. The molecule has 3 fully saturated rings. The molecule has 0 aromatic heterocycles. The third-order valence-corrected chi connectivity index (χ3v) is 4.41. The number of rotatable bonds is 4. The Hall–Kier alpha value is -1.99. The number of urea groups is 2. The number of carboxylic acid groups (broad SMARTS) is 1. The first-order valence-electron chi connectivity index (χ1n) is 7.36. The summed E-state index contributed by atoms with van der Waals surface area (Å²) >= 11 is 0. The van der Waals surface area contributed by atoms with E-state index in [9.17, 15) is 14.4 Å². The summed E-state index contributed by atoms with van der Waals surface area (Å²) in [5, 5.41) is 14.5. The highest BCUT2D eigenvalue weighted by Gasteiger charge is 2.39.